The summed E-state index contributed by atoms with van der Waals surface area (Å²) in [5.74, 6) is -0.118. The molecule has 3 heterocycles. The van der Waals surface area contributed by atoms with Crippen molar-refractivity contribution in [1.82, 2.24) is 20.8 Å². The van der Waals surface area contributed by atoms with Crippen molar-refractivity contribution < 1.29 is 4.79 Å². The number of nitrogens with one attached hydrogen (secondary N) is 3. The van der Waals surface area contributed by atoms with Gasteiger partial charge in [-0.2, -0.15) is 5.10 Å². The molecule has 5 nitrogen and oxygen atoms in total. The number of carbonyl (C=O) groups is 1. The van der Waals surface area contributed by atoms with E-state index < -0.39 is 0 Å². The highest BCUT2D eigenvalue weighted by molar-refractivity contribution is 7.13. The first-order chi connectivity index (χ1) is 9.33. The second-order valence-electron chi connectivity index (χ2n) is 4.65. The lowest BCUT2D eigenvalue weighted by Crippen LogP contribution is -2.37. The minimum absolute atomic E-state index is 0.118. The van der Waals surface area contributed by atoms with Crippen LogP contribution in [0, 0.1) is 0 Å². The summed E-state index contributed by atoms with van der Waals surface area (Å²) >= 11 is 1.62. The van der Waals surface area contributed by atoms with Crippen molar-refractivity contribution >= 4 is 17.2 Å². The molecular weight excluding hydrogens is 260 g/mol. The fourth-order valence-corrected chi connectivity index (χ4v) is 2.93. The molecule has 1 amide bonds. The molecule has 0 spiro atoms. The lowest BCUT2D eigenvalue weighted by atomic mass is 10.2. The maximum absolute atomic E-state index is 12.0. The Labute approximate surface area is 115 Å². The predicted octanol–water partition coefficient (Wildman–Crippen LogP) is 1.62. The molecule has 1 saturated heterocycles. The number of rotatable bonds is 4. The summed E-state index contributed by atoms with van der Waals surface area (Å²) < 4.78 is 0. The fourth-order valence-electron chi connectivity index (χ4n) is 2.23. The van der Waals surface area contributed by atoms with Crippen molar-refractivity contribution in [2.24, 2.45) is 0 Å². The Bertz CT molecular complexity index is 543. The van der Waals surface area contributed by atoms with Crippen LogP contribution < -0.4 is 10.6 Å². The van der Waals surface area contributed by atoms with Crippen molar-refractivity contribution in [2.45, 2.75) is 18.9 Å². The van der Waals surface area contributed by atoms with Crippen LogP contribution in [0.25, 0.3) is 10.6 Å². The largest absolute Gasteiger partial charge is 0.349 e. The van der Waals surface area contributed by atoms with Crippen LogP contribution >= 0.6 is 11.3 Å². The standard InChI is InChI=1S/C13H16N4OS/c18-13(15-8-9-3-1-5-14-9)11-7-10(16-17-11)12-4-2-6-19-12/h2,4,6-7,9,14H,1,3,5,8H2,(H,15,18)(H,16,17). The molecule has 1 fully saturated rings. The molecule has 0 bridgehead atoms. The molecule has 3 rings (SSSR count). The molecular formula is C13H16N4OS. The second kappa shape index (κ2) is 5.54. The average Bonchev–Trinajstić information content (AvgIpc) is 3.14. The van der Waals surface area contributed by atoms with Gasteiger partial charge < -0.3 is 10.6 Å². The summed E-state index contributed by atoms with van der Waals surface area (Å²) in [4.78, 5) is 13.1. The van der Waals surface area contributed by atoms with Gasteiger partial charge in [-0.3, -0.25) is 9.89 Å². The van der Waals surface area contributed by atoms with Crippen LogP contribution in [0.3, 0.4) is 0 Å². The Morgan fingerprint density at radius 2 is 2.53 bits per heavy atom. The molecule has 1 unspecified atom stereocenters. The van der Waals surface area contributed by atoms with Crippen molar-refractivity contribution in [3.05, 3.63) is 29.3 Å². The van der Waals surface area contributed by atoms with Gasteiger partial charge in [-0.05, 0) is 36.9 Å². The molecule has 0 aliphatic carbocycles. The molecule has 0 saturated carbocycles. The van der Waals surface area contributed by atoms with Crippen LogP contribution in [0.4, 0.5) is 0 Å². The van der Waals surface area contributed by atoms with Gasteiger partial charge >= 0.3 is 0 Å². The Kier molecular flexibility index (Phi) is 3.61. The molecule has 19 heavy (non-hydrogen) atoms. The number of hydrogen-bond donors (Lipinski definition) is 3. The third kappa shape index (κ3) is 2.85. The van der Waals surface area contributed by atoms with Gasteiger partial charge in [0.15, 0.2) is 5.69 Å². The van der Waals surface area contributed by atoms with Crippen LogP contribution in [0.1, 0.15) is 23.3 Å². The summed E-state index contributed by atoms with van der Waals surface area (Å²) in [5.41, 5.74) is 1.33. The highest BCUT2D eigenvalue weighted by Gasteiger charge is 2.16. The zero-order valence-electron chi connectivity index (χ0n) is 10.5. The lowest BCUT2D eigenvalue weighted by Gasteiger charge is -2.10. The Hall–Kier alpha value is -1.66. The zero-order valence-corrected chi connectivity index (χ0v) is 11.3. The number of carbonyl (C=O) groups excluding carboxylic acids is 1. The number of H-pyrrole nitrogens is 1. The first-order valence-corrected chi connectivity index (χ1v) is 7.32. The Balaban J connectivity index is 1.60. The van der Waals surface area contributed by atoms with E-state index in [1.165, 1.54) is 6.42 Å². The van der Waals surface area contributed by atoms with Crippen molar-refractivity contribution in [3.63, 3.8) is 0 Å². The highest BCUT2D eigenvalue weighted by atomic mass is 32.1. The van der Waals surface area contributed by atoms with E-state index in [4.69, 9.17) is 0 Å². The smallest absolute Gasteiger partial charge is 0.271 e. The van der Waals surface area contributed by atoms with E-state index in [-0.39, 0.29) is 5.91 Å². The summed E-state index contributed by atoms with van der Waals surface area (Å²) in [5, 5.41) is 15.2. The molecule has 100 valence electrons. The van der Waals surface area contributed by atoms with Gasteiger partial charge in [-0.15, -0.1) is 11.3 Å². The number of thiophene rings is 1. The van der Waals surface area contributed by atoms with Gasteiger partial charge in [0.1, 0.15) is 0 Å². The van der Waals surface area contributed by atoms with E-state index in [9.17, 15) is 4.79 Å². The van der Waals surface area contributed by atoms with Crippen LogP contribution in [0.15, 0.2) is 23.6 Å². The number of aromatic nitrogens is 2. The Morgan fingerprint density at radius 1 is 1.58 bits per heavy atom. The number of nitrogens with zero attached hydrogens (tertiary/aromatic N) is 1. The maximum Gasteiger partial charge on any atom is 0.271 e. The molecule has 1 aliphatic rings. The normalized spacial score (nSPS) is 18.6. The molecule has 0 radical (unpaired) electrons. The van der Waals surface area contributed by atoms with Gasteiger partial charge in [0, 0.05) is 12.6 Å². The van der Waals surface area contributed by atoms with Crippen molar-refractivity contribution in [2.75, 3.05) is 13.1 Å². The van der Waals surface area contributed by atoms with Gasteiger partial charge in [-0.1, -0.05) is 6.07 Å². The third-order valence-corrected chi connectivity index (χ3v) is 4.17. The van der Waals surface area contributed by atoms with E-state index >= 15 is 0 Å². The van der Waals surface area contributed by atoms with Crippen LogP contribution in [-0.2, 0) is 0 Å². The minimum Gasteiger partial charge on any atom is -0.349 e. The summed E-state index contributed by atoms with van der Waals surface area (Å²) in [6, 6.07) is 6.18. The quantitative estimate of drug-likeness (QED) is 0.795. The summed E-state index contributed by atoms with van der Waals surface area (Å²) in [6.45, 7) is 1.71. The van der Waals surface area contributed by atoms with E-state index in [2.05, 4.69) is 20.8 Å². The predicted molar refractivity (Wildman–Crippen MR) is 75.3 cm³/mol. The number of hydrogen-bond acceptors (Lipinski definition) is 4. The van der Waals surface area contributed by atoms with Gasteiger partial charge in [0.05, 0.1) is 10.6 Å². The van der Waals surface area contributed by atoms with Crippen molar-refractivity contribution in [1.29, 1.82) is 0 Å². The van der Waals surface area contributed by atoms with Crippen LogP contribution in [0.2, 0.25) is 0 Å². The lowest BCUT2D eigenvalue weighted by molar-refractivity contribution is 0.0945. The monoisotopic (exact) mass is 276 g/mol. The SMILES string of the molecule is O=C(NCC1CCCN1)c1cc(-c2cccs2)[nH]n1. The maximum atomic E-state index is 12.0. The second-order valence-corrected chi connectivity index (χ2v) is 5.60. The fraction of sp³-hybridized carbons (Fsp3) is 0.385. The molecule has 2 aromatic rings. The zero-order chi connectivity index (χ0) is 13.1. The Morgan fingerprint density at radius 3 is 3.26 bits per heavy atom. The van der Waals surface area contributed by atoms with Gasteiger partial charge in [0.25, 0.3) is 5.91 Å². The van der Waals surface area contributed by atoms with Gasteiger partial charge in [-0.25, -0.2) is 0 Å². The minimum atomic E-state index is -0.118. The van der Waals surface area contributed by atoms with Gasteiger partial charge in [0.2, 0.25) is 0 Å². The van der Waals surface area contributed by atoms with E-state index in [1.807, 2.05) is 17.5 Å². The molecule has 3 N–H and O–H groups in total. The topological polar surface area (TPSA) is 69.8 Å². The molecule has 2 aromatic heterocycles. The third-order valence-electron chi connectivity index (χ3n) is 3.27. The number of aromatic amines is 1. The molecule has 1 atom stereocenters. The van der Waals surface area contributed by atoms with E-state index in [0.29, 0.717) is 18.3 Å². The van der Waals surface area contributed by atoms with Crippen LogP contribution in [-0.4, -0.2) is 35.2 Å². The molecule has 0 aromatic carbocycles. The molecule has 1 aliphatic heterocycles. The summed E-state index contributed by atoms with van der Waals surface area (Å²) in [6.07, 6.45) is 2.31. The van der Waals surface area contributed by atoms with E-state index in [1.54, 1.807) is 17.4 Å². The van der Waals surface area contributed by atoms with Crippen LogP contribution in [0.5, 0.6) is 0 Å². The number of amides is 1. The van der Waals surface area contributed by atoms with E-state index in [0.717, 1.165) is 23.5 Å². The summed E-state index contributed by atoms with van der Waals surface area (Å²) in [7, 11) is 0. The first-order valence-electron chi connectivity index (χ1n) is 6.44. The van der Waals surface area contributed by atoms with Crippen molar-refractivity contribution in [3.8, 4) is 10.6 Å². The first kappa shape index (κ1) is 12.4. The highest BCUT2D eigenvalue weighted by Crippen LogP contribution is 2.22. The average molecular weight is 276 g/mol. The molecule has 6 heteroatoms.